The van der Waals surface area contributed by atoms with Crippen molar-refractivity contribution in [3.05, 3.63) is 60.5 Å². The van der Waals surface area contributed by atoms with Crippen molar-refractivity contribution in [3.8, 4) is 17.0 Å². The zero-order valence-corrected chi connectivity index (χ0v) is 24.2. The van der Waals surface area contributed by atoms with E-state index in [0.29, 0.717) is 12.3 Å². The minimum Gasteiger partial charge on any atom is -0.492 e. The molecule has 5 aromatic rings. The topological polar surface area (TPSA) is 137 Å². The fourth-order valence-electron chi connectivity index (χ4n) is 5.01. The maximum Gasteiger partial charge on any atom is 0.324 e. The summed E-state index contributed by atoms with van der Waals surface area (Å²) < 4.78 is 14.5. The monoisotopic (exact) mass is 590 g/mol. The number of rotatable bonds is 10. The standard InChI is InChI=1S/C30H34N6O5S/c1-30(18-37,19-38)26-16-27(34-41-26)33-28(39)31-21-7-5-20(6-8-21)23-17-36-24-10-9-22(15-25(24)42-29(36)32-23)40-14-13-35-11-3-2-4-12-35/h5-10,15-17,37-38H,2-4,11-14,18-19H2,1H3,(H2,31,33,34,39). The van der Waals surface area contributed by atoms with Crippen LogP contribution in [0.4, 0.5) is 16.3 Å². The van der Waals surface area contributed by atoms with Crippen LogP contribution in [0.15, 0.2) is 59.3 Å². The van der Waals surface area contributed by atoms with E-state index in [1.54, 1.807) is 30.4 Å². The number of piperidine rings is 1. The summed E-state index contributed by atoms with van der Waals surface area (Å²) in [5, 5.41) is 28.2. The molecular weight excluding hydrogens is 556 g/mol. The van der Waals surface area contributed by atoms with Crippen molar-refractivity contribution in [3.63, 3.8) is 0 Å². The van der Waals surface area contributed by atoms with Gasteiger partial charge in [0.2, 0.25) is 0 Å². The molecule has 1 aliphatic rings. The third-order valence-electron chi connectivity index (χ3n) is 7.67. The Balaban J connectivity index is 1.07. The van der Waals surface area contributed by atoms with Crippen LogP contribution in [-0.2, 0) is 5.41 Å². The first-order chi connectivity index (χ1) is 20.4. The van der Waals surface area contributed by atoms with Gasteiger partial charge in [0.15, 0.2) is 10.8 Å². The summed E-state index contributed by atoms with van der Waals surface area (Å²) in [7, 11) is 0. The van der Waals surface area contributed by atoms with Crippen molar-refractivity contribution in [2.45, 2.75) is 31.6 Å². The third-order valence-corrected chi connectivity index (χ3v) is 8.69. The van der Waals surface area contributed by atoms with Crippen molar-refractivity contribution >= 4 is 44.1 Å². The number of aliphatic hydroxyl groups is 2. The molecule has 2 aromatic carbocycles. The fraction of sp³-hybridized carbons (Fsp3) is 0.367. The molecule has 0 spiro atoms. The van der Waals surface area contributed by atoms with Gasteiger partial charge in [0.25, 0.3) is 0 Å². The number of ether oxygens (including phenoxy) is 1. The summed E-state index contributed by atoms with van der Waals surface area (Å²) in [5.41, 5.74) is 2.45. The highest BCUT2D eigenvalue weighted by Crippen LogP contribution is 2.32. The van der Waals surface area contributed by atoms with Crippen LogP contribution in [0.25, 0.3) is 26.4 Å². The first-order valence-electron chi connectivity index (χ1n) is 14.1. The number of hydrogen-bond acceptors (Lipinski definition) is 9. The van der Waals surface area contributed by atoms with Crippen molar-refractivity contribution < 1.29 is 24.3 Å². The second kappa shape index (κ2) is 12.1. The quantitative estimate of drug-likeness (QED) is 0.179. The second-order valence-corrected chi connectivity index (χ2v) is 11.9. The summed E-state index contributed by atoms with van der Waals surface area (Å²) in [6.07, 6.45) is 5.93. The Labute approximate surface area is 246 Å². The summed E-state index contributed by atoms with van der Waals surface area (Å²) in [6, 6.07) is 14.6. The first kappa shape index (κ1) is 28.2. The Bertz CT molecular complexity index is 1670. The summed E-state index contributed by atoms with van der Waals surface area (Å²) >= 11 is 1.63. The zero-order chi connectivity index (χ0) is 29.1. The van der Waals surface area contributed by atoms with Gasteiger partial charge in [-0.1, -0.05) is 35.0 Å². The highest BCUT2D eigenvalue weighted by Gasteiger charge is 2.30. The van der Waals surface area contributed by atoms with Gasteiger partial charge in [0, 0.05) is 30.1 Å². The van der Waals surface area contributed by atoms with Crippen LogP contribution in [0.1, 0.15) is 31.9 Å². The lowest BCUT2D eigenvalue weighted by Gasteiger charge is -2.26. The molecule has 1 aliphatic heterocycles. The van der Waals surface area contributed by atoms with Crippen molar-refractivity contribution in [2.24, 2.45) is 0 Å². The molecule has 4 heterocycles. The molecule has 0 radical (unpaired) electrons. The average Bonchev–Trinajstić information content (AvgIpc) is 3.73. The molecule has 0 saturated carbocycles. The summed E-state index contributed by atoms with van der Waals surface area (Å²) in [6.45, 7) is 4.99. The van der Waals surface area contributed by atoms with E-state index in [-0.39, 0.29) is 24.8 Å². The molecule has 42 heavy (non-hydrogen) atoms. The largest absolute Gasteiger partial charge is 0.492 e. The summed E-state index contributed by atoms with van der Waals surface area (Å²) in [4.78, 5) is 20.7. The Morgan fingerprint density at radius 3 is 2.62 bits per heavy atom. The average molecular weight is 591 g/mol. The predicted octanol–water partition coefficient (Wildman–Crippen LogP) is 4.96. The lowest BCUT2D eigenvalue weighted by atomic mass is 9.90. The molecule has 0 bridgehead atoms. The molecule has 0 aliphatic carbocycles. The van der Waals surface area contributed by atoms with Crippen LogP contribution in [0.2, 0.25) is 0 Å². The number of hydrogen-bond donors (Lipinski definition) is 4. The molecule has 220 valence electrons. The van der Waals surface area contributed by atoms with Gasteiger partial charge in [-0.05, 0) is 63.2 Å². The number of aromatic nitrogens is 3. The number of amides is 2. The van der Waals surface area contributed by atoms with Crippen molar-refractivity contribution in [1.29, 1.82) is 0 Å². The van der Waals surface area contributed by atoms with E-state index in [1.165, 1.54) is 38.4 Å². The number of nitrogens with zero attached hydrogens (tertiary/aromatic N) is 4. The molecule has 3 aromatic heterocycles. The number of anilines is 2. The van der Waals surface area contributed by atoms with Gasteiger partial charge in [-0.3, -0.25) is 14.6 Å². The normalized spacial score (nSPS) is 14.5. The lowest BCUT2D eigenvalue weighted by Crippen LogP contribution is -2.33. The zero-order valence-electron chi connectivity index (χ0n) is 23.4. The number of fused-ring (bicyclic) bond motifs is 3. The molecular formula is C30H34N6O5S. The van der Waals surface area contributed by atoms with E-state index >= 15 is 0 Å². The van der Waals surface area contributed by atoms with Gasteiger partial charge >= 0.3 is 6.03 Å². The number of carbonyl (C=O) groups is 1. The van der Waals surface area contributed by atoms with E-state index in [9.17, 15) is 15.0 Å². The van der Waals surface area contributed by atoms with Crippen LogP contribution in [-0.4, -0.2) is 75.1 Å². The van der Waals surface area contributed by atoms with Crippen molar-refractivity contribution in [2.75, 3.05) is 50.1 Å². The SMILES string of the molecule is CC(CO)(CO)c1cc(NC(=O)Nc2ccc(-c3cn4c(n3)sc3cc(OCCN5CCCCC5)ccc34)cc2)no1. The third kappa shape index (κ3) is 5.97. The highest BCUT2D eigenvalue weighted by molar-refractivity contribution is 7.23. The number of urea groups is 1. The molecule has 2 amide bonds. The molecule has 11 nitrogen and oxygen atoms in total. The molecule has 0 atom stereocenters. The van der Waals surface area contributed by atoms with Crippen LogP contribution in [0.3, 0.4) is 0 Å². The van der Waals surface area contributed by atoms with Gasteiger partial charge in [0.1, 0.15) is 18.1 Å². The van der Waals surface area contributed by atoms with Gasteiger partial charge < -0.3 is 24.8 Å². The van der Waals surface area contributed by atoms with Gasteiger partial charge in [-0.25, -0.2) is 9.78 Å². The minimum absolute atomic E-state index is 0.175. The number of likely N-dealkylation sites (tertiary alicyclic amines) is 1. The van der Waals surface area contributed by atoms with E-state index in [4.69, 9.17) is 14.2 Å². The molecule has 4 N–H and O–H groups in total. The number of nitrogens with one attached hydrogen (secondary N) is 2. The van der Waals surface area contributed by atoms with E-state index in [2.05, 4.69) is 37.2 Å². The first-order valence-corrected chi connectivity index (χ1v) is 14.9. The van der Waals surface area contributed by atoms with Crippen molar-refractivity contribution in [1.82, 2.24) is 19.4 Å². The van der Waals surface area contributed by atoms with E-state index < -0.39 is 11.4 Å². The number of imidazole rings is 1. The lowest BCUT2D eigenvalue weighted by molar-refractivity contribution is 0.106. The Morgan fingerprint density at radius 2 is 1.86 bits per heavy atom. The van der Waals surface area contributed by atoms with E-state index in [1.807, 2.05) is 24.4 Å². The maximum atomic E-state index is 12.5. The Kier molecular flexibility index (Phi) is 8.11. The number of carbonyl (C=O) groups excluding carboxylic acids is 1. The van der Waals surface area contributed by atoms with Gasteiger partial charge in [-0.2, -0.15) is 0 Å². The van der Waals surface area contributed by atoms with Gasteiger partial charge in [0.05, 0.1) is 34.5 Å². The molecule has 1 fully saturated rings. The smallest absolute Gasteiger partial charge is 0.324 e. The summed E-state index contributed by atoms with van der Waals surface area (Å²) in [5.74, 6) is 1.33. The fourth-order valence-corrected chi connectivity index (χ4v) is 6.05. The Hall–Kier alpha value is -3.97. The second-order valence-electron chi connectivity index (χ2n) is 10.9. The van der Waals surface area contributed by atoms with Gasteiger partial charge in [-0.15, -0.1) is 0 Å². The van der Waals surface area contributed by atoms with Crippen LogP contribution in [0.5, 0.6) is 5.75 Å². The number of benzene rings is 2. The highest BCUT2D eigenvalue weighted by atomic mass is 32.1. The van der Waals surface area contributed by atoms with Crippen LogP contribution >= 0.6 is 11.3 Å². The predicted molar refractivity (Wildman–Crippen MR) is 162 cm³/mol. The maximum absolute atomic E-state index is 12.5. The molecule has 12 heteroatoms. The van der Waals surface area contributed by atoms with Crippen LogP contribution in [0, 0.1) is 0 Å². The Morgan fingerprint density at radius 1 is 1.07 bits per heavy atom. The number of thiazole rings is 1. The molecule has 0 unspecified atom stereocenters. The molecule has 1 saturated heterocycles. The minimum atomic E-state index is -0.989. The molecule has 6 rings (SSSR count). The van der Waals surface area contributed by atoms with E-state index in [0.717, 1.165) is 38.7 Å². The van der Waals surface area contributed by atoms with Crippen LogP contribution < -0.4 is 15.4 Å². The number of aliphatic hydroxyl groups excluding tert-OH is 2.